The van der Waals surface area contributed by atoms with Crippen LogP contribution in [0.5, 0.6) is 11.5 Å². The molecule has 0 aliphatic carbocycles. The van der Waals surface area contributed by atoms with Gasteiger partial charge in [0.15, 0.2) is 0 Å². The van der Waals surface area contributed by atoms with Gasteiger partial charge in [0.05, 0.1) is 7.11 Å². The lowest BCUT2D eigenvalue weighted by atomic mass is 10.1. The van der Waals surface area contributed by atoms with Crippen molar-refractivity contribution >= 4 is 5.91 Å². The Morgan fingerprint density at radius 1 is 1.27 bits per heavy atom. The van der Waals surface area contributed by atoms with Crippen molar-refractivity contribution in [1.82, 2.24) is 9.80 Å². The molecule has 0 radical (unpaired) electrons. The average molecular weight is 306 g/mol. The number of amides is 1. The summed E-state index contributed by atoms with van der Waals surface area (Å²) in [5.74, 6) is 1.08. The summed E-state index contributed by atoms with van der Waals surface area (Å²) in [6, 6.07) is 5.65. The third kappa shape index (κ3) is 4.13. The molecule has 1 heterocycles. The highest BCUT2D eigenvalue weighted by atomic mass is 16.5. The standard InChI is InChI=1S/C17H26N2O3/c1-13(2)18-8-10-19(11-9-18)17(21)7-4-14-12-15(22-3)5-6-16(14)20/h5-6,12-13,20H,4,7-11H2,1-3H3. The number of methoxy groups -OCH3 is 1. The Hall–Kier alpha value is -1.75. The van der Waals surface area contributed by atoms with Gasteiger partial charge in [-0.15, -0.1) is 0 Å². The van der Waals surface area contributed by atoms with Gasteiger partial charge >= 0.3 is 0 Å². The van der Waals surface area contributed by atoms with E-state index in [9.17, 15) is 9.90 Å². The number of carbonyl (C=O) groups excluding carboxylic acids is 1. The summed E-state index contributed by atoms with van der Waals surface area (Å²) >= 11 is 0. The van der Waals surface area contributed by atoms with Gasteiger partial charge in [-0.25, -0.2) is 0 Å². The predicted molar refractivity (Wildman–Crippen MR) is 86.3 cm³/mol. The summed E-state index contributed by atoms with van der Waals surface area (Å²) in [5.41, 5.74) is 0.758. The maximum atomic E-state index is 12.3. The number of aromatic hydroxyl groups is 1. The first-order valence-corrected chi connectivity index (χ1v) is 7.89. The van der Waals surface area contributed by atoms with E-state index in [0.717, 1.165) is 31.7 Å². The van der Waals surface area contributed by atoms with Crippen LogP contribution in [0.2, 0.25) is 0 Å². The Morgan fingerprint density at radius 3 is 2.55 bits per heavy atom. The molecule has 0 aromatic heterocycles. The molecule has 0 atom stereocenters. The van der Waals surface area contributed by atoms with E-state index >= 15 is 0 Å². The van der Waals surface area contributed by atoms with Crippen molar-refractivity contribution in [1.29, 1.82) is 0 Å². The van der Waals surface area contributed by atoms with Crippen LogP contribution in [-0.2, 0) is 11.2 Å². The summed E-state index contributed by atoms with van der Waals surface area (Å²) in [6.07, 6.45) is 0.953. The molecule has 5 nitrogen and oxygen atoms in total. The molecule has 1 N–H and O–H groups in total. The minimum absolute atomic E-state index is 0.158. The van der Waals surface area contributed by atoms with Gasteiger partial charge in [0, 0.05) is 38.6 Å². The second-order valence-electron chi connectivity index (χ2n) is 6.01. The van der Waals surface area contributed by atoms with E-state index in [4.69, 9.17) is 4.74 Å². The fraction of sp³-hybridized carbons (Fsp3) is 0.588. The zero-order valence-electron chi connectivity index (χ0n) is 13.7. The first-order valence-electron chi connectivity index (χ1n) is 7.89. The lowest BCUT2D eigenvalue weighted by Crippen LogP contribution is -2.50. The second kappa shape index (κ2) is 7.49. The number of hydrogen-bond acceptors (Lipinski definition) is 4. The van der Waals surface area contributed by atoms with E-state index in [1.54, 1.807) is 25.3 Å². The van der Waals surface area contributed by atoms with E-state index < -0.39 is 0 Å². The van der Waals surface area contributed by atoms with Crippen LogP contribution in [0, 0.1) is 0 Å². The normalized spacial score (nSPS) is 16.1. The van der Waals surface area contributed by atoms with Crippen molar-refractivity contribution in [2.75, 3.05) is 33.3 Å². The number of carbonyl (C=O) groups is 1. The van der Waals surface area contributed by atoms with Crippen molar-refractivity contribution in [2.45, 2.75) is 32.7 Å². The fourth-order valence-corrected chi connectivity index (χ4v) is 2.78. The quantitative estimate of drug-likeness (QED) is 0.902. The Morgan fingerprint density at radius 2 is 1.95 bits per heavy atom. The minimum atomic E-state index is 0.158. The molecule has 1 aromatic carbocycles. The summed E-state index contributed by atoms with van der Waals surface area (Å²) in [7, 11) is 1.59. The summed E-state index contributed by atoms with van der Waals surface area (Å²) in [5, 5.41) is 9.86. The first-order chi connectivity index (χ1) is 10.5. The number of benzene rings is 1. The Balaban J connectivity index is 1.86. The number of phenols is 1. The minimum Gasteiger partial charge on any atom is -0.508 e. The maximum absolute atomic E-state index is 12.3. The number of ether oxygens (including phenoxy) is 1. The highest BCUT2D eigenvalue weighted by molar-refractivity contribution is 5.76. The van der Waals surface area contributed by atoms with Crippen LogP contribution in [0.1, 0.15) is 25.8 Å². The molecule has 122 valence electrons. The molecule has 1 aromatic rings. The number of aryl methyl sites for hydroxylation is 1. The number of piperazine rings is 1. The highest BCUT2D eigenvalue weighted by Gasteiger charge is 2.22. The van der Waals surface area contributed by atoms with Gasteiger partial charge in [0.25, 0.3) is 0 Å². The molecule has 0 bridgehead atoms. The van der Waals surface area contributed by atoms with E-state index in [2.05, 4.69) is 18.7 Å². The third-order valence-corrected chi connectivity index (χ3v) is 4.29. The van der Waals surface area contributed by atoms with Gasteiger partial charge in [0.2, 0.25) is 5.91 Å². The summed E-state index contributed by atoms with van der Waals surface area (Å²) in [6.45, 7) is 7.83. The molecule has 2 rings (SSSR count). The van der Waals surface area contributed by atoms with Crippen molar-refractivity contribution < 1.29 is 14.6 Å². The molecule has 1 saturated heterocycles. The molecule has 0 spiro atoms. The Kier molecular flexibility index (Phi) is 5.66. The predicted octanol–water partition coefficient (Wildman–Crippen LogP) is 1.89. The average Bonchev–Trinajstić information content (AvgIpc) is 2.54. The zero-order valence-corrected chi connectivity index (χ0v) is 13.7. The van der Waals surface area contributed by atoms with Crippen molar-refractivity contribution in [3.63, 3.8) is 0 Å². The van der Waals surface area contributed by atoms with Crippen LogP contribution in [0.4, 0.5) is 0 Å². The van der Waals surface area contributed by atoms with E-state index in [0.29, 0.717) is 24.6 Å². The molecular weight excluding hydrogens is 280 g/mol. The van der Waals surface area contributed by atoms with Crippen LogP contribution in [0.3, 0.4) is 0 Å². The lowest BCUT2D eigenvalue weighted by molar-refractivity contribution is -0.133. The highest BCUT2D eigenvalue weighted by Crippen LogP contribution is 2.24. The van der Waals surface area contributed by atoms with E-state index in [1.165, 1.54) is 0 Å². The SMILES string of the molecule is COc1ccc(O)c(CCC(=O)N2CCN(C(C)C)CC2)c1. The number of phenolic OH excluding ortho intramolecular Hbond substituents is 1. The fourth-order valence-electron chi connectivity index (χ4n) is 2.78. The van der Waals surface area contributed by atoms with Gasteiger partial charge in [-0.3, -0.25) is 9.69 Å². The van der Waals surface area contributed by atoms with Crippen LogP contribution in [0.25, 0.3) is 0 Å². The largest absolute Gasteiger partial charge is 0.508 e. The molecule has 1 aliphatic rings. The second-order valence-corrected chi connectivity index (χ2v) is 6.01. The topological polar surface area (TPSA) is 53.0 Å². The van der Waals surface area contributed by atoms with Crippen LogP contribution < -0.4 is 4.74 Å². The molecule has 22 heavy (non-hydrogen) atoms. The molecule has 5 heteroatoms. The molecule has 0 saturated carbocycles. The van der Waals surface area contributed by atoms with Gasteiger partial charge < -0.3 is 14.7 Å². The smallest absolute Gasteiger partial charge is 0.222 e. The molecule has 1 aliphatic heterocycles. The van der Waals surface area contributed by atoms with Gasteiger partial charge in [-0.1, -0.05) is 0 Å². The summed E-state index contributed by atoms with van der Waals surface area (Å²) < 4.78 is 5.16. The van der Waals surface area contributed by atoms with Crippen molar-refractivity contribution in [2.24, 2.45) is 0 Å². The molecular formula is C17H26N2O3. The Bertz CT molecular complexity index is 509. The van der Waals surface area contributed by atoms with Crippen LogP contribution >= 0.6 is 0 Å². The van der Waals surface area contributed by atoms with Gasteiger partial charge in [0.1, 0.15) is 11.5 Å². The van der Waals surface area contributed by atoms with Gasteiger partial charge in [-0.2, -0.15) is 0 Å². The van der Waals surface area contributed by atoms with Crippen molar-refractivity contribution in [3.8, 4) is 11.5 Å². The van der Waals surface area contributed by atoms with E-state index in [1.807, 2.05) is 4.90 Å². The molecule has 0 unspecified atom stereocenters. The Labute approximate surface area is 132 Å². The number of hydrogen-bond donors (Lipinski definition) is 1. The van der Waals surface area contributed by atoms with E-state index in [-0.39, 0.29) is 11.7 Å². The first kappa shape index (κ1) is 16.6. The number of rotatable bonds is 5. The van der Waals surface area contributed by atoms with Crippen LogP contribution in [0.15, 0.2) is 18.2 Å². The molecule has 1 fully saturated rings. The van der Waals surface area contributed by atoms with Crippen molar-refractivity contribution in [3.05, 3.63) is 23.8 Å². The summed E-state index contributed by atoms with van der Waals surface area (Å²) in [4.78, 5) is 16.6. The number of nitrogens with zero attached hydrogens (tertiary/aromatic N) is 2. The zero-order chi connectivity index (χ0) is 16.1. The monoisotopic (exact) mass is 306 g/mol. The molecule has 1 amide bonds. The van der Waals surface area contributed by atoms with Crippen LogP contribution in [-0.4, -0.2) is 60.1 Å². The lowest BCUT2D eigenvalue weighted by Gasteiger charge is -2.37. The third-order valence-electron chi connectivity index (χ3n) is 4.29. The van der Waals surface area contributed by atoms with Gasteiger partial charge in [-0.05, 0) is 44.0 Å². The maximum Gasteiger partial charge on any atom is 0.222 e.